The molecule has 5 heteroatoms. The topological polar surface area (TPSA) is 44.8 Å². The van der Waals surface area contributed by atoms with E-state index >= 15 is 0 Å². The maximum absolute atomic E-state index is 11.2. The van der Waals surface area contributed by atoms with Crippen LogP contribution in [0.2, 0.25) is 0 Å². The Balaban J connectivity index is 2.16. The van der Waals surface area contributed by atoms with Crippen LogP contribution in [-0.2, 0) is 18.8 Å². The molecule has 0 aromatic carbocycles. The van der Waals surface area contributed by atoms with Crippen LogP contribution in [0.25, 0.3) is 0 Å². The summed E-state index contributed by atoms with van der Waals surface area (Å²) in [5, 5.41) is 0. The third-order valence-corrected chi connectivity index (χ3v) is 2.37. The SMILES string of the molecule is C=C(C)C(=O)CCOB1OC(C)C(C)O1. The van der Waals surface area contributed by atoms with Crippen LogP contribution in [0.1, 0.15) is 27.2 Å². The number of Topliss-reactive ketones (excluding diaryl/α,β-unsaturated/α-hetero) is 1. The Bertz CT molecular complexity index is 244. The number of carbonyl (C=O) groups is 1. The first-order valence-electron chi connectivity index (χ1n) is 5.12. The van der Waals surface area contributed by atoms with Crippen LogP contribution in [0.4, 0.5) is 0 Å². The minimum absolute atomic E-state index is 0.00842. The van der Waals surface area contributed by atoms with E-state index < -0.39 is 7.32 Å². The highest BCUT2D eigenvalue weighted by molar-refractivity contribution is 6.37. The van der Waals surface area contributed by atoms with Gasteiger partial charge >= 0.3 is 7.32 Å². The molecule has 2 unspecified atom stereocenters. The van der Waals surface area contributed by atoms with E-state index in [1.165, 1.54) is 0 Å². The van der Waals surface area contributed by atoms with Crippen LogP contribution < -0.4 is 0 Å². The molecule has 0 amide bonds. The standard InChI is InChI=1S/C10H17BO4/c1-7(2)10(12)5-6-13-11-14-8(3)9(4)15-11/h8-9H,1,5-6H2,2-4H3. The van der Waals surface area contributed by atoms with Crippen LogP contribution in [-0.4, -0.2) is 31.9 Å². The number of hydrogen-bond acceptors (Lipinski definition) is 4. The second-order valence-electron chi connectivity index (χ2n) is 3.80. The Morgan fingerprint density at radius 3 is 2.40 bits per heavy atom. The molecule has 0 N–H and O–H groups in total. The highest BCUT2D eigenvalue weighted by atomic mass is 16.8. The molecular formula is C10H17BO4. The average molecular weight is 212 g/mol. The van der Waals surface area contributed by atoms with E-state index in [1.807, 2.05) is 13.8 Å². The van der Waals surface area contributed by atoms with E-state index in [1.54, 1.807) is 6.92 Å². The molecule has 0 bridgehead atoms. The van der Waals surface area contributed by atoms with Gasteiger partial charge in [-0.2, -0.15) is 0 Å². The fourth-order valence-corrected chi connectivity index (χ4v) is 1.14. The van der Waals surface area contributed by atoms with Gasteiger partial charge in [-0.3, -0.25) is 4.79 Å². The summed E-state index contributed by atoms with van der Waals surface area (Å²) in [6.45, 7) is 9.40. The van der Waals surface area contributed by atoms with Gasteiger partial charge in [0.2, 0.25) is 0 Å². The Labute approximate surface area is 90.8 Å². The molecule has 84 valence electrons. The zero-order valence-corrected chi connectivity index (χ0v) is 9.49. The highest BCUT2D eigenvalue weighted by Gasteiger charge is 2.36. The molecule has 2 atom stereocenters. The van der Waals surface area contributed by atoms with Crippen molar-refractivity contribution in [1.29, 1.82) is 0 Å². The summed E-state index contributed by atoms with van der Waals surface area (Å²) in [7, 11) is -0.632. The van der Waals surface area contributed by atoms with Crippen LogP contribution in [0.3, 0.4) is 0 Å². The highest BCUT2D eigenvalue weighted by Crippen LogP contribution is 2.16. The van der Waals surface area contributed by atoms with Gasteiger partial charge < -0.3 is 14.0 Å². The largest absolute Gasteiger partial charge is 0.640 e. The lowest BCUT2D eigenvalue weighted by atomic mass is 10.1. The lowest BCUT2D eigenvalue weighted by molar-refractivity contribution is -0.116. The van der Waals surface area contributed by atoms with E-state index in [-0.39, 0.29) is 18.0 Å². The van der Waals surface area contributed by atoms with Gasteiger partial charge in [0.15, 0.2) is 5.78 Å². The van der Waals surface area contributed by atoms with Crippen molar-refractivity contribution in [2.24, 2.45) is 0 Å². The summed E-state index contributed by atoms with van der Waals surface area (Å²) >= 11 is 0. The molecule has 0 aromatic rings. The zero-order chi connectivity index (χ0) is 11.4. The van der Waals surface area contributed by atoms with Gasteiger partial charge in [0.25, 0.3) is 0 Å². The van der Waals surface area contributed by atoms with Gasteiger partial charge in [-0.25, -0.2) is 0 Å². The Kier molecular flexibility index (Phi) is 4.51. The third-order valence-electron chi connectivity index (χ3n) is 2.37. The van der Waals surface area contributed by atoms with Crippen molar-refractivity contribution in [3.63, 3.8) is 0 Å². The monoisotopic (exact) mass is 212 g/mol. The number of ketones is 1. The first-order chi connectivity index (χ1) is 7.00. The molecule has 0 spiro atoms. The van der Waals surface area contributed by atoms with Crippen LogP contribution in [0.5, 0.6) is 0 Å². The van der Waals surface area contributed by atoms with Gasteiger partial charge in [-0.1, -0.05) is 6.58 Å². The minimum atomic E-state index is -0.632. The van der Waals surface area contributed by atoms with Crippen molar-refractivity contribution in [3.05, 3.63) is 12.2 Å². The van der Waals surface area contributed by atoms with Crippen LogP contribution in [0.15, 0.2) is 12.2 Å². The van der Waals surface area contributed by atoms with Crippen molar-refractivity contribution in [3.8, 4) is 0 Å². The molecule has 1 fully saturated rings. The minimum Gasteiger partial charge on any atom is -0.385 e. The van der Waals surface area contributed by atoms with Gasteiger partial charge in [-0.05, 0) is 26.3 Å². The second kappa shape index (κ2) is 5.44. The quantitative estimate of drug-likeness (QED) is 0.509. The second-order valence-corrected chi connectivity index (χ2v) is 3.80. The van der Waals surface area contributed by atoms with Gasteiger partial charge in [0.05, 0.1) is 12.2 Å². The van der Waals surface area contributed by atoms with E-state index in [2.05, 4.69) is 6.58 Å². The fraction of sp³-hybridized carbons (Fsp3) is 0.700. The maximum Gasteiger partial charge on any atom is 0.640 e. The fourth-order valence-electron chi connectivity index (χ4n) is 1.14. The number of hydrogen-bond donors (Lipinski definition) is 0. The van der Waals surface area contributed by atoms with Gasteiger partial charge in [0.1, 0.15) is 0 Å². The smallest absolute Gasteiger partial charge is 0.385 e. The number of rotatable bonds is 5. The van der Waals surface area contributed by atoms with E-state index in [9.17, 15) is 4.79 Å². The summed E-state index contributed by atoms with van der Waals surface area (Å²) in [5.74, 6) is 0.00842. The molecule has 1 aliphatic rings. The summed E-state index contributed by atoms with van der Waals surface area (Å²) in [6.07, 6.45) is 0.389. The zero-order valence-electron chi connectivity index (χ0n) is 9.49. The lowest BCUT2D eigenvalue weighted by Gasteiger charge is -2.05. The third kappa shape index (κ3) is 3.78. The molecule has 1 rings (SSSR count). The van der Waals surface area contributed by atoms with Crippen LogP contribution >= 0.6 is 0 Å². The van der Waals surface area contributed by atoms with Gasteiger partial charge in [0, 0.05) is 13.0 Å². The van der Waals surface area contributed by atoms with Crippen LogP contribution in [0, 0.1) is 0 Å². The lowest BCUT2D eigenvalue weighted by Crippen LogP contribution is -2.22. The Morgan fingerprint density at radius 1 is 1.40 bits per heavy atom. The molecule has 1 saturated heterocycles. The number of allylic oxidation sites excluding steroid dienone is 1. The summed E-state index contributed by atoms with van der Waals surface area (Å²) in [5.41, 5.74) is 0.550. The van der Waals surface area contributed by atoms with Crippen molar-refractivity contribution in [1.82, 2.24) is 0 Å². The van der Waals surface area contributed by atoms with Crippen molar-refractivity contribution >= 4 is 13.1 Å². The summed E-state index contributed by atoms with van der Waals surface area (Å²) in [6, 6.07) is 0. The van der Waals surface area contributed by atoms with E-state index in [0.29, 0.717) is 18.6 Å². The number of carbonyl (C=O) groups excluding carboxylic acids is 1. The summed E-state index contributed by atoms with van der Waals surface area (Å²) < 4.78 is 15.9. The molecule has 1 aliphatic heterocycles. The molecule has 0 saturated carbocycles. The van der Waals surface area contributed by atoms with Crippen molar-refractivity contribution in [2.45, 2.75) is 39.4 Å². The Hall–Kier alpha value is -0.645. The van der Waals surface area contributed by atoms with Crippen molar-refractivity contribution < 1.29 is 18.8 Å². The molecule has 0 aliphatic carbocycles. The molecular weight excluding hydrogens is 195 g/mol. The molecule has 15 heavy (non-hydrogen) atoms. The van der Waals surface area contributed by atoms with Crippen molar-refractivity contribution in [2.75, 3.05) is 6.61 Å². The normalized spacial score (nSPS) is 25.7. The maximum atomic E-state index is 11.2. The molecule has 1 heterocycles. The first kappa shape index (κ1) is 12.4. The molecule has 0 aromatic heterocycles. The van der Waals surface area contributed by atoms with E-state index in [4.69, 9.17) is 14.0 Å². The summed E-state index contributed by atoms with van der Waals surface area (Å²) in [4.78, 5) is 11.2. The average Bonchev–Trinajstić information content (AvgIpc) is 2.46. The molecule has 0 radical (unpaired) electrons. The van der Waals surface area contributed by atoms with Gasteiger partial charge in [-0.15, -0.1) is 0 Å². The predicted octanol–water partition coefficient (Wildman–Crippen LogP) is 1.35. The van der Waals surface area contributed by atoms with E-state index in [0.717, 1.165) is 0 Å². The Morgan fingerprint density at radius 2 is 1.93 bits per heavy atom. The predicted molar refractivity (Wildman–Crippen MR) is 57.2 cm³/mol. The first-order valence-corrected chi connectivity index (χ1v) is 5.12. The molecule has 4 nitrogen and oxygen atoms in total.